The number of nitrogens with zero attached hydrogens (tertiary/aromatic N) is 2. The summed E-state index contributed by atoms with van der Waals surface area (Å²) in [5.41, 5.74) is 1.80. The SMILES string of the molecule is CN(C)/C=N\S(=O)(=O)c1ccccc1-c1ccc(C=O)cc1. The van der Waals surface area contributed by atoms with Crippen LogP contribution in [0, 0.1) is 0 Å². The summed E-state index contributed by atoms with van der Waals surface area (Å²) < 4.78 is 28.4. The normalized spacial score (nSPS) is 11.5. The largest absolute Gasteiger partial charge is 0.368 e. The molecule has 0 amide bonds. The molecule has 2 rings (SSSR count). The van der Waals surface area contributed by atoms with Crippen LogP contribution >= 0.6 is 0 Å². The average molecular weight is 316 g/mol. The first kappa shape index (κ1) is 15.9. The second-order valence-electron chi connectivity index (χ2n) is 4.90. The molecule has 0 unspecified atom stereocenters. The fourth-order valence-corrected chi connectivity index (χ4v) is 3.03. The Morgan fingerprint density at radius 3 is 2.23 bits per heavy atom. The van der Waals surface area contributed by atoms with Gasteiger partial charge in [0.2, 0.25) is 0 Å². The first-order valence-corrected chi connectivity index (χ1v) is 7.99. The standard InChI is InChI=1S/C16H16N2O3S/c1-18(2)12-17-22(20,21)16-6-4-3-5-15(16)14-9-7-13(11-19)8-10-14/h3-12H,1-2H3/b17-12-. The van der Waals surface area contributed by atoms with Gasteiger partial charge in [0.05, 0.1) is 4.90 Å². The number of benzene rings is 2. The minimum Gasteiger partial charge on any atom is -0.368 e. The van der Waals surface area contributed by atoms with Crippen LogP contribution in [0.25, 0.3) is 11.1 Å². The minimum atomic E-state index is -3.79. The summed E-state index contributed by atoms with van der Waals surface area (Å²) in [5.74, 6) is 0. The first-order valence-electron chi connectivity index (χ1n) is 6.55. The zero-order valence-electron chi connectivity index (χ0n) is 12.3. The van der Waals surface area contributed by atoms with E-state index in [0.717, 1.165) is 6.29 Å². The molecular weight excluding hydrogens is 300 g/mol. The topological polar surface area (TPSA) is 66.8 Å². The lowest BCUT2D eigenvalue weighted by Crippen LogP contribution is -2.10. The van der Waals surface area contributed by atoms with Gasteiger partial charge < -0.3 is 4.90 Å². The molecule has 2 aromatic rings. The molecule has 2 aromatic carbocycles. The molecule has 0 N–H and O–H groups in total. The Bertz CT molecular complexity index is 794. The number of carbonyl (C=O) groups is 1. The number of aldehydes is 1. The molecule has 6 heteroatoms. The third kappa shape index (κ3) is 3.59. The van der Waals surface area contributed by atoms with Gasteiger partial charge in [0.15, 0.2) is 0 Å². The molecule has 0 fully saturated rings. The van der Waals surface area contributed by atoms with Gasteiger partial charge in [-0.05, 0) is 11.6 Å². The highest BCUT2D eigenvalue weighted by atomic mass is 32.2. The molecule has 0 radical (unpaired) electrons. The van der Waals surface area contributed by atoms with E-state index in [1.54, 1.807) is 61.5 Å². The molecule has 5 nitrogen and oxygen atoms in total. The number of rotatable bonds is 5. The third-order valence-electron chi connectivity index (χ3n) is 2.94. The quantitative estimate of drug-likeness (QED) is 0.483. The molecule has 0 aliphatic heterocycles. The van der Waals surface area contributed by atoms with Crippen LogP contribution in [0.15, 0.2) is 57.8 Å². The van der Waals surface area contributed by atoms with Crippen molar-refractivity contribution in [2.45, 2.75) is 4.90 Å². The monoisotopic (exact) mass is 316 g/mol. The zero-order valence-corrected chi connectivity index (χ0v) is 13.1. The van der Waals surface area contributed by atoms with E-state index in [0.29, 0.717) is 16.7 Å². The van der Waals surface area contributed by atoms with Gasteiger partial charge in [0, 0.05) is 25.2 Å². The van der Waals surface area contributed by atoms with Crippen LogP contribution < -0.4 is 0 Å². The number of hydrogen-bond acceptors (Lipinski definition) is 3. The van der Waals surface area contributed by atoms with Crippen molar-refractivity contribution in [3.8, 4) is 11.1 Å². The van der Waals surface area contributed by atoms with E-state index < -0.39 is 10.0 Å². The highest BCUT2D eigenvalue weighted by Gasteiger charge is 2.17. The van der Waals surface area contributed by atoms with Crippen molar-refractivity contribution < 1.29 is 13.2 Å². The van der Waals surface area contributed by atoms with Crippen LogP contribution in [-0.2, 0) is 10.0 Å². The van der Waals surface area contributed by atoms with Crippen molar-refractivity contribution in [3.63, 3.8) is 0 Å². The Hall–Kier alpha value is -2.47. The van der Waals surface area contributed by atoms with Gasteiger partial charge in [-0.25, -0.2) is 0 Å². The summed E-state index contributed by atoms with van der Waals surface area (Å²) in [7, 11) is -0.397. The highest BCUT2D eigenvalue weighted by Crippen LogP contribution is 2.28. The average Bonchev–Trinajstić information content (AvgIpc) is 2.53. The molecule has 0 aromatic heterocycles. The van der Waals surface area contributed by atoms with Gasteiger partial charge in [-0.15, -0.1) is 4.40 Å². The van der Waals surface area contributed by atoms with Gasteiger partial charge in [-0.3, -0.25) is 4.79 Å². The molecule has 22 heavy (non-hydrogen) atoms. The van der Waals surface area contributed by atoms with Crippen LogP contribution in [0.5, 0.6) is 0 Å². The summed E-state index contributed by atoms with van der Waals surface area (Å²) in [5, 5.41) is 0. The summed E-state index contributed by atoms with van der Waals surface area (Å²) in [6.45, 7) is 0. The molecule has 0 saturated carbocycles. The molecule has 0 bridgehead atoms. The van der Waals surface area contributed by atoms with Gasteiger partial charge in [-0.2, -0.15) is 8.42 Å². The van der Waals surface area contributed by atoms with Crippen molar-refractivity contribution in [1.82, 2.24) is 4.90 Å². The van der Waals surface area contributed by atoms with Crippen LogP contribution in [0.1, 0.15) is 10.4 Å². The lowest BCUT2D eigenvalue weighted by molar-refractivity contribution is 0.112. The molecule has 0 spiro atoms. The Morgan fingerprint density at radius 2 is 1.64 bits per heavy atom. The molecule has 0 aliphatic carbocycles. The van der Waals surface area contributed by atoms with Crippen LogP contribution in [-0.4, -0.2) is 40.0 Å². The maximum Gasteiger partial charge on any atom is 0.284 e. The van der Waals surface area contributed by atoms with E-state index in [-0.39, 0.29) is 4.90 Å². The van der Waals surface area contributed by atoms with E-state index >= 15 is 0 Å². The van der Waals surface area contributed by atoms with E-state index in [4.69, 9.17) is 0 Å². The zero-order chi connectivity index (χ0) is 16.2. The lowest BCUT2D eigenvalue weighted by Gasteiger charge is -2.09. The molecule has 0 saturated heterocycles. The first-order chi connectivity index (χ1) is 10.4. The third-order valence-corrected chi connectivity index (χ3v) is 4.22. The fourth-order valence-electron chi connectivity index (χ4n) is 1.88. The maximum absolute atomic E-state index is 12.4. The number of hydrogen-bond donors (Lipinski definition) is 0. The molecule has 0 aliphatic rings. The Kier molecular flexibility index (Phi) is 4.72. The smallest absolute Gasteiger partial charge is 0.284 e. The second kappa shape index (κ2) is 6.53. The highest BCUT2D eigenvalue weighted by molar-refractivity contribution is 7.90. The Labute approximate surface area is 130 Å². The van der Waals surface area contributed by atoms with Crippen molar-refractivity contribution in [2.24, 2.45) is 4.40 Å². The van der Waals surface area contributed by atoms with Gasteiger partial charge in [-0.1, -0.05) is 42.5 Å². The van der Waals surface area contributed by atoms with Gasteiger partial charge >= 0.3 is 0 Å². The van der Waals surface area contributed by atoms with Gasteiger partial charge in [0.25, 0.3) is 10.0 Å². The number of sulfonamides is 1. The lowest BCUT2D eigenvalue weighted by atomic mass is 10.0. The summed E-state index contributed by atoms with van der Waals surface area (Å²) in [6.07, 6.45) is 2.00. The van der Waals surface area contributed by atoms with Crippen molar-refractivity contribution >= 4 is 22.6 Å². The summed E-state index contributed by atoms with van der Waals surface area (Å²) >= 11 is 0. The Morgan fingerprint density at radius 1 is 1.00 bits per heavy atom. The van der Waals surface area contributed by atoms with E-state index in [1.807, 2.05) is 0 Å². The fraction of sp³-hybridized carbons (Fsp3) is 0.125. The van der Waals surface area contributed by atoms with Gasteiger partial charge in [0.1, 0.15) is 12.6 Å². The molecule has 0 atom stereocenters. The van der Waals surface area contributed by atoms with E-state index in [2.05, 4.69) is 4.40 Å². The molecule has 0 heterocycles. The molecule has 114 valence electrons. The van der Waals surface area contributed by atoms with Crippen LogP contribution in [0.4, 0.5) is 0 Å². The predicted octanol–water partition coefficient (Wildman–Crippen LogP) is 2.44. The maximum atomic E-state index is 12.4. The predicted molar refractivity (Wildman–Crippen MR) is 86.6 cm³/mol. The summed E-state index contributed by atoms with van der Waals surface area (Å²) in [6, 6.07) is 13.4. The molecular formula is C16H16N2O3S. The van der Waals surface area contributed by atoms with Crippen molar-refractivity contribution in [3.05, 3.63) is 54.1 Å². The minimum absolute atomic E-state index is 0.131. The van der Waals surface area contributed by atoms with E-state index in [1.165, 1.54) is 12.4 Å². The van der Waals surface area contributed by atoms with Crippen LogP contribution in [0.2, 0.25) is 0 Å². The Balaban J connectivity index is 2.53. The van der Waals surface area contributed by atoms with Crippen molar-refractivity contribution in [2.75, 3.05) is 14.1 Å². The number of carbonyl (C=O) groups excluding carboxylic acids is 1. The van der Waals surface area contributed by atoms with E-state index in [9.17, 15) is 13.2 Å². The van der Waals surface area contributed by atoms with Crippen LogP contribution in [0.3, 0.4) is 0 Å². The summed E-state index contributed by atoms with van der Waals surface area (Å²) in [4.78, 5) is 12.4. The second-order valence-corrected chi connectivity index (χ2v) is 6.50. The van der Waals surface area contributed by atoms with Crippen molar-refractivity contribution in [1.29, 1.82) is 0 Å².